The van der Waals surface area contributed by atoms with Crippen molar-refractivity contribution in [3.8, 4) is 0 Å². The van der Waals surface area contributed by atoms with Gasteiger partial charge < -0.3 is 4.90 Å². The maximum Gasteiger partial charge on any atom is -0.00474 e. The molecule has 0 N–H and O–H groups in total. The SMILES string of the molecule is CCN(CC)CC.[CH3]. The van der Waals surface area contributed by atoms with Gasteiger partial charge in [-0.2, -0.15) is 0 Å². The van der Waals surface area contributed by atoms with Gasteiger partial charge in [0.25, 0.3) is 0 Å². The number of rotatable bonds is 3. The highest BCUT2D eigenvalue weighted by Gasteiger charge is 1.89. The van der Waals surface area contributed by atoms with Crippen molar-refractivity contribution in [3.63, 3.8) is 0 Å². The lowest BCUT2D eigenvalue weighted by Crippen LogP contribution is -2.21. The molecule has 0 saturated heterocycles. The van der Waals surface area contributed by atoms with Gasteiger partial charge in [-0.05, 0) is 19.6 Å². The van der Waals surface area contributed by atoms with Gasteiger partial charge in [-0.25, -0.2) is 0 Å². The first-order valence-corrected chi connectivity index (χ1v) is 3.07. The van der Waals surface area contributed by atoms with Crippen LogP contribution in [0, 0.1) is 7.43 Å². The molecule has 0 aromatic heterocycles. The van der Waals surface area contributed by atoms with Crippen molar-refractivity contribution in [2.75, 3.05) is 19.6 Å². The van der Waals surface area contributed by atoms with E-state index in [9.17, 15) is 0 Å². The van der Waals surface area contributed by atoms with E-state index in [-0.39, 0.29) is 7.43 Å². The molecule has 0 aromatic carbocycles. The average molecular weight is 116 g/mol. The molecule has 0 aliphatic carbocycles. The van der Waals surface area contributed by atoms with Gasteiger partial charge in [-0.15, -0.1) is 0 Å². The second kappa shape index (κ2) is 6.96. The zero-order valence-corrected chi connectivity index (χ0v) is 6.57. The fourth-order valence-corrected chi connectivity index (χ4v) is 0.671. The van der Waals surface area contributed by atoms with Crippen molar-refractivity contribution in [2.24, 2.45) is 0 Å². The molecular formula is C7H18N. The van der Waals surface area contributed by atoms with Gasteiger partial charge in [0, 0.05) is 0 Å². The summed E-state index contributed by atoms with van der Waals surface area (Å²) in [7, 11) is 0. The third-order valence-corrected chi connectivity index (χ3v) is 1.34. The normalized spacial score (nSPS) is 9.00. The van der Waals surface area contributed by atoms with Crippen LogP contribution in [0.2, 0.25) is 0 Å². The Morgan fingerprint density at radius 3 is 1.12 bits per heavy atom. The lowest BCUT2D eigenvalue weighted by molar-refractivity contribution is 0.321. The highest BCUT2D eigenvalue weighted by molar-refractivity contribution is 4.43. The topological polar surface area (TPSA) is 3.24 Å². The summed E-state index contributed by atoms with van der Waals surface area (Å²) in [6.45, 7) is 10.1. The summed E-state index contributed by atoms with van der Waals surface area (Å²) in [5, 5.41) is 0. The van der Waals surface area contributed by atoms with Gasteiger partial charge in [-0.1, -0.05) is 28.2 Å². The number of nitrogens with zero attached hydrogens (tertiary/aromatic N) is 1. The van der Waals surface area contributed by atoms with Crippen LogP contribution in [0.3, 0.4) is 0 Å². The van der Waals surface area contributed by atoms with Crippen molar-refractivity contribution < 1.29 is 0 Å². The highest BCUT2D eigenvalue weighted by Crippen LogP contribution is 1.81. The van der Waals surface area contributed by atoms with Crippen molar-refractivity contribution >= 4 is 0 Å². The molecule has 0 heterocycles. The molecule has 1 radical (unpaired) electrons. The summed E-state index contributed by atoms with van der Waals surface area (Å²) in [6.07, 6.45) is 0. The molecule has 0 atom stereocenters. The Hall–Kier alpha value is -0.0400. The van der Waals surface area contributed by atoms with Gasteiger partial charge in [0.05, 0.1) is 0 Å². The van der Waals surface area contributed by atoms with Crippen LogP contribution in [0.5, 0.6) is 0 Å². The second-order valence-electron chi connectivity index (χ2n) is 1.62. The lowest BCUT2D eigenvalue weighted by Gasteiger charge is -2.13. The maximum atomic E-state index is 2.38. The molecule has 0 fully saturated rings. The summed E-state index contributed by atoms with van der Waals surface area (Å²) < 4.78 is 0. The number of hydrogen-bond donors (Lipinski definition) is 0. The zero-order chi connectivity index (χ0) is 5.70. The fraction of sp³-hybridized carbons (Fsp3) is 0.857. The fourth-order valence-electron chi connectivity index (χ4n) is 0.671. The van der Waals surface area contributed by atoms with E-state index in [1.807, 2.05) is 0 Å². The minimum absolute atomic E-state index is 0. The van der Waals surface area contributed by atoms with Crippen LogP contribution in [-0.4, -0.2) is 24.5 Å². The van der Waals surface area contributed by atoms with E-state index >= 15 is 0 Å². The predicted molar refractivity (Wildman–Crippen MR) is 39.9 cm³/mol. The van der Waals surface area contributed by atoms with Gasteiger partial charge in [-0.3, -0.25) is 0 Å². The molecule has 0 aliphatic heterocycles. The van der Waals surface area contributed by atoms with Crippen LogP contribution in [-0.2, 0) is 0 Å². The van der Waals surface area contributed by atoms with E-state index in [4.69, 9.17) is 0 Å². The summed E-state index contributed by atoms with van der Waals surface area (Å²) in [5.41, 5.74) is 0. The molecule has 0 saturated carbocycles. The van der Waals surface area contributed by atoms with Crippen molar-refractivity contribution in [3.05, 3.63) is 7.43 Å². The van der Waals surface area contributed by atoms with Gasteiger partial charge in [0.1, 0.15) is 0 Å². The first kappa shape index (κ1) is 10.9. The first-order valence-electron chi connectivity index (χ1n) is 3.07. The van der Waals surface area contributed by atoms with E-state index in [2.05, 4.69) is 25.7 Å². The minimum atomic E-state index is 0. The quantitative estimate of drug-likeness (QED) is 0.543. The summed E-state index contributed by atoms with van der Waals surface area (Å²) in [6, 6.07) is 0. The van der Waals surface area contributed by atoms with Crippen LogP contribution in [0.25, 0.3) is 0 Å². The third kappa shape index (κ3) is 4.13. The van der Waals surface area contributed by atoms with E-state index in [0.29, 0.717) is 0 Å². The Morgan fingerprint density at radius 1 is 0.875 bits per heavy atom. The molecular weight excluding hydrogens is 98.1 g/mol. The highest BCUT2D eigenvalue weighted by atomic mass is 15.1. The standard InChI is InChI=1S/C6H15N.CH3/c1-4-7(5-2)6-3;/h4-6H2,1-3H3;1H3. The molecule has 0 aliphatic rings. The molecule has 8 heavy (non-hydrogen) atoms. The molecule has 0 aromatic rings. The third-order valence-electron chi connectivity index (χ3n) is 1.34. The molecule has 0 rings (SSSR count). The second-order valence-corrected chi connectivity index (χ2v) is 1.62. The molecule has 0 amide bonds. The van der Waals surface area contributed by atoms with E-state index in [1.54, 1.807) is 0 Å². The molecule has 0 bridgehead atoms. The van der Waals surface area contributed by atoms with Gasteiger partial charge >= 0.3 is 0 Å². The molecule has 0 unspecified atom stereocenters. The van der Waals surface area contributed by atoms with Crippen LogP contribution in [0.1, 0.15) is 20.8 Å². The smallest absolute Gasteiger partial charge is 0.00474 e. The van der Waals surface area contributed by atoms with Crippen LogP contribution in [0.4, 0.5) is 0 Å². The van der Waals surface area contributed by atoms with Crippen LogP contribution in [0.15, 0.2) is 0 Å². The van der Waals surface area contributed by atoms with Crippen LogP contribution < -0.4 is 0 Å². The largest absolute Gasteiger partial charge is 0.304 e. The Morgan fingerprint density at radius 2 is 1.12 bits per heavy atom. The lowest BCUT2D eigenvalue weighted by atomic mass is 10.5. The van der Waals surface area contributed by atoms with Gasteiger partial charge in [0.15, 0.2) is 0 Å². The molecule has 1 nitrogen and oxygen atoms in total. The molecule has 0 spiro atoms. The van der Waals surface area contributed by atoms with Gasteiger partial charge in [0.2, 0.25) is 0 Å². The van der Waals surface area contributed by atoms with E-state index in [1.165, 1.54) is 19.6 Å². The summed E-state index contributed by atoms with van der Waals surface area (Å²) in [5.74, 6) is 0. The van der Waals surface area contributed by atoms with Crippen molar-refractivity contribution in [1.82, 2.24) is 4.90 Å². The Bertz CT molecular complexity index is 25.9. The monoisotopic (exact) mass is 116 g/mol. The first-order chi connectivity index (χ1) is 3.35. The zero-order valence-electron chi connectivity index (χ0n) is 6.57. The van der Waals surface area contributed by atoms with E-state index < -0.39 is 0 Å². The maximum absolute atomic E-state index is 2.38. The summed E-state index contributed by atoms with van der Waals surface area (Å²) in [4.78, 5) is 2.38. The van der Waals surface area contributed by atoms with E-state index in [0.717, 1.165) is 0 Å². The van der Waals surface area contributed by atoms with Crippen molar-refractivity contribution in [1.29, 1.82) is 0 Å². The minimum Gasteiger partial charge on any atom is -0.304 e. The molecule has 1 heteroatoms. The summed E-state index contributed by atoms with van der Waals surface area (Å²) >= 11 is 0. The molecule has 51 valence electrons. The Balaban J connectivity index is 0. The Kier molecular flexibility index (Phi) is 9.44. The number of hydrogen-bond acceptors (Lipinski definition) is 1. The Labute approximate surface area is 53.7 Å². The average Bonchev–Trinajstić information content (AvgIpc) is 1.72. The predicted octanol–water partition coefficient (Wildman–Crippen LogP) is 1.80. The van der Waals surface area contributed by atoms with Crippen molar-refractivity contribution in [2.45, 2.75) is 20.8 Å². The van der Waals surface area contributed by atoms with Crippen LogP contribution >= 0.6 is 0 Å².